The van der Waals surface area contributed by atoms with E-state index >= 15 is 0 Å². The fraction of sp³-hybridized carbons (Fsp3) is 0.250. The minimum Gasteiger partial charge on any atom is -0.467 e. The standard InChI is InChI=1S/C16H16N4O3S2/c1-11(21)17-7-13-4-5-15(25-13)14(22)9-24-16-19-18-10-20(16)8-12-3-2-6-23-12/h2-6,10H,7-9H2,1H3,(H,17,21). The number of thioether (sulfide) groups is 1. The van der Waals surface area contributed by atoms with Crippen LogP contribution in [0.25, 0.3) is 0 Å². The van der Waals surface area contributed by atoms with Gasteiger partial charge in [0.2, 0.25) is 5.91 Å². The summed E-state index contributed by atoms with van der Waals surface area (Å²) in [4.78, 5) is 24.9. The number of amides is 1. The molecule has 3 rings (SSSR count). The molecule has 0 fully saturated rings. The van der Waals surface area contributed by atoms with Crippen molar-refractivity contribution in [2.45, 2.75) is 25.2 Å². The molecule has 0 aromatic carbocycles. The number of aromatic nitrogens is 3. The fourth-order valence-electron chi connectivity index (χ4n) is 2.07. The Morgan fingerprint density at radius 1 is 1.36 bits per heavy atom. The van der Waals surface area contributed by atoms with Gasteiger partial charge in [-0.2, -0.15) is 0 Å². The van der Waals surface area contributed by atoms with Crippen LogP contribution in [0.15, 0.2) is 46.4 Å². The molecule has 1 N–H and O–H groups in total. The van der Waals surface area contributed by atoms with Gasteiger partial charge in [0, 0.05) is 11.8 Å². The predicted octanol–water partition coefficient (Wildman–Crippen LogP) is 2.59. The van der Waals surface area contributed by atoms with Crippen LogP contribution in [0.1, 0.15) is 27.2 Å². The lowest BCUT2D eigenvalue weighted by Crippen LogP contribution is -2.18. The molecule has 0 spiro atoms. The van der Waals surface area contributed by atoms with Crippen molar-refractivity contribution in [2.24, 2.45) is 0 Å². The van der Waals surface area contributed by atoms with Gasteiger partial charge >= 0.3 is 0 Å². The average molecular weight is 376 g/mol. The first-order valence-electron chi connectivity index (χ1n) is 7.51. The van der Waals surface area contributed by atoms with E-state index in [0.29, 0.717) is 23.1 Å². The second-order valence-corrected chi connectivity index (χ2v) is 7.32. The van der Waals surface area contributed by atoms with E-state index in [1.54, 1.807) is 18.7 Å². The van der Waals surface area contributed by atoms with E-state index in [-0.39, 0.29) is 17.4 Å². The summed E-state index contributed by atoms with van der Waals surface area (Å²) < 4.78 is 7.16. The van der Waals surface area contributed by atoms with Crippen LogP contribution in [0.4, 0.5) is 0 Å². The summed E-state index contributed by atoms with van der Waals surface area (Å²) >= 11 is 2.73. The number of ketones is 1. The highest BCUT2D eigenvalue weighted by Crippen LogP contribution is 2.22. The van der Waals surface area contributed by atoms with Crippen LogP contribution in [0.5, 0.6) is 0 Å². The van der Waals surface area contributed by atoms with E-state index in [1.807, 2.05) is 22.8 Å². The van der Waals surface area contributed by atoms with Crippen LogP contribution in [0, 0.1) is 0 Å². The van der Waals surface area contributed by atoms with Crippen molar-refractivity contribution >= 4 is 34.8 Å². The molecule has 0 saturated heterocycles. The monoisotopic (exact) mass is 376 g/mol. The van der Waals surface area contributed by atoms with Crippen molar-refractivity contribution in [1.29, 1.82) is 0 Å². The van der Waals surface area contributed by atoms with Crippen molar-refractivity contribution in [3.63, 3.8) is 0 Å². The summed E-state index contributed by atoms with van der Waals surface area (Å²) in [6.45, 7) is 2.43. The van der Waals surface area contributed by atoms with Gasteiger partial charge in [-0.1, -0.05) is 11.8 Å². The van der Waals surface area contributed by atoms with E-state index in [4.69, 9.17) is 4.42 Å². The molecular weight excluding hydrogens is 360 g/mol. The number of carbonyl (C=O) groups is 2. The number of hydrogen-bond donors (Lipinski definition) is 1. The van der Waals surface area contributed by atoms with Gasteiger partial charge in [-0.3, -0.25) is 9.59 Å². The summed E-state index contributed by atoms with van der Waals surface area (Å²) in [5.74, 6) is 1.01. The normalized spacial score (nSPS) is 10.8. The molecule has 0 aliphatic rings. The number of nitrogens with one attached hydrogen (secondary N) is 1. The Morgan fingerprint density at radius 2 is 2.24 bits per heavy atom. The van der Waals surface area contributed by atoms with Crippen LogP contribution in [-0.2, 0) is 17.9 Å². The molecule has 3 aromatic heterocycles. The molecule has 7 nitrogen and oxygen atoms in total. The lowest BCUT2D eigenvalue weighted by molar-refractivity contribution is -0.119. The highest BCUT2D eigenvalue weighted by Gasteiger charge is 2.13. The molecule has 9 heteroatoms. The van der Waals surface area contributed by atoms with Crippen LogP contribution < -0.4 is 5.32 Å². The lowest BCUT2D eigenvalue weighted by Gasteiger charge is -2.03. The first-order chi connectivity index (χ1) is 12.1. The molecular formula is C16H16N4O3S2. The van der Waals surface area contributed by atoms with E-state index < -0.39 is 0 Å². The Balaban J connectivity index is 1.56. The van der Waals surface area contributed by atoms with Crippen molar-refractivity contribution in [1.82, 2.24) is 20.1 Å². The minimum absolute atomic E-state index is 0.0247. The summed E-state index contributed by atoms with van der Waals surface area (Å²) in [6.07, 6.45) is 3.23. The van der Waals surface area contributed by atoms with Gasteiger partial charge in [-0.25, -0.2) is 0 Å². The van der Waals surface area contributed by atoms with Gasteiger partial charge in [-0.15, -0.1) is 21.5 Å². The fourth-order valence-corrected chi connectivity index (χ4v) is 3.85. The number of hydrogen-bond acceptors (Lipinski definition) is 7. The molecule has 3 aromatic rings. The van der Waals surface area contributed by atoms with Crippen LogP contribution in [0.3, 0.4) is 0 Å². The molecule has 0 atom stereocenters. The Morgan fingerprint density at radius 3 is 3.00 bits per heavy atom. The first-order valence-corrected chi connectivity index (χ1v) is 9.31. The van der Waals surface area contributed by atoms with Gasteiger partial charge in [0.15, 0.2) is 10.9 Å². The third kappa shape index (κ3) is 4.80. The third-order valence-electron chi connectivity index (χ3n) is 3.27. The zero-order chi connectivity index (χ0) is 17.6. The zero-order valence-corrected chi connectivity index (χ0v) is 15.1. The van der Waals surface area contributed by atoms with Crippen molar-refractivity contribution in [3.05, 3.63) is 52.4 Å². The maximum Gasteiger partial charge on any atom is 0.217 e. The second-order valence-electron chi connectivity index (χ2n) is 5.21. The Bertz CT molecular complexity index is 855. The first kappa shape index (κ1) is 17.4. The summed E-state index contributed by atoms with van der Waals surface area (Å²) in [5, 5.41) is 11.3. The molecule has 0 unspecified atom stereocenters. The number of furan rings is 1. The number of carbonyl (C=O) groups excluding carboxylic acids is 2. The number of nitrogens with zero attached hydrogens (tertiary/aromatic N) is 3. The predicted molar refractivity (Wildman–Crippen MR) is 94.7 cm³/mol. The topological polar surface area (TPSA) is 90.0 Å². The highest BCUT2D eigenvalue weighted by molar-refractivity contribution is 7.99. The van der Waals surface area contributed by atoms with Gasteiger partial charge in [0.05, 0.1) is 30.0 Å². The molecule has 0 radical (unpaired) electrons. The van der Waals surface area contributed by atoms with Crippen LogP contribution >= 0.6 is 23.1 Å². The molecule has 0 saturated carbocycles. The summed E-state index contributed by atoms with van der Waals surface area (Å²) in [7, 11) is 0. The molecule has 130 valence electrons. The third-order valence-corrected chi connectivity index (χ3v) is 5.37. The van der Waals surface area contributed by atoms with E-state index in [2.05, 4.69) is 15.5 Å². The molecule has 25 heavy (non-hydrogen) atoms. The van der Waals surface area contributed by atoms with Gasteiger partial charge in [-0.05, 0) is 24.3 Å². The lowest BCUT2D eigenvalue weighted by atomic mass is 10.3. The molecule has 1 amide bonds. The molecule has 0 aliphatic carbocycles. The van der Waals surface area contributed by atoms with Gasteiger partial charge in [0.25, 0.3) is 0 Å². The molecule has 0 bridgehead atoms. The Kier molecular flexibility index (Phi) is 5.67. The highest BCUT2D eigenvalue weighted by atomic mass is 32.2. The Hall–Kier alpha value is -2.39. The minimum atomic E-state index is -0.0901. The van der Waals surface area contributed by atoms with E-state index in [0.717, 1.165) is 10.6 Å². The average Bonchev–Trinajstić information content (AvgIpc) is 3.33. The number of thiophene rings is 1. The molecule has 0 aliphatic heterocycles. The summed E-state index contributed by atoms with van der Waals surface area (Å²) in [6, 6.07) is 7.35. The van der Waals surface area contributed by atoms with Crippen molar-refractivity contribution < 1.29 is 14.0 Å². The smallest absolute Gasteiger partial charge is 0.217 e. The molecule has 3 heterocycles. The van der Waals surface area contributed by atoms with Gasteiger partial charge in [0.1, 0.15) is 12.1 Å². The number of rotatable bonds is 8. The SMILES string of the molecule is CC(=O)NCc1ccc(C(=O)CSc2nncn2Cc2ccco2)s1. The summed E-state index contributed by atoms with van der Waals surface area (Å²) in [5.41, 5.74) is 0. The number of Topliss-reactive ketones (excluding diaryl/α,β-unsaturated/α-hetero) is 1. The van der Waals surface area contributed by atoms with Crippen molar-refractivity contribution in [2.75, 3.05) is 5.75 Å². The van der Waals surface area contributed by atoms with E-state index in [1.165, 1.54) is 30.0 Å². The quantitative estimate of drug-likeness (QED) is 0.480. The maximum absolute atomic E-state index is 12.3. The maximum atomic E-state index is 12.3. The van der Waals surface area contributed by atoms with Crippen molar-refractivity contribution in [3.8, 4) is 0 Å². The van der Waals surface area contributed by atoms with Gasteiger partial charge < -0.3 is 14.3 Å². The Labute approximate surface area is 152 Å². The zero-order valence-electron chi connectivity index (χ0n) is 13.5. The van der Waals surface area contributed by atoms with E-state index in [9.17, 15) is 9.59 Å². The second kappa shape index (κ2) is 8.13. The van der Waals surface area contributed by atoms with Crippen LogP contribution in [0.2, 0.25) is 0 Å². The largest absolute Gasteiger partial charge is 0.467 e. The van der Waals surface area contributed by atoms with Crippen LogP contribution in [-0.4, -0.2) is 32.2 Å².